The summed E-state index contributed by atoms with van der Waals surface area (Å²) in [5, 5.41) is 1.20. The molecule has 2 aliphatic rings. The van der Waals surface area contributed by atoms with Gasteiger partial charge in [0.25, 0.3) is 11.8 Å². The van der Waals surface area contributed by atoms with Crippen molar-refractivity contribution in [3.05, 3.63) is 101 Å². The second-order valence-electron chi connectivity index (χ2n) is 8.49. The van der Waals surface area contributed by atoms with Gasteiger partial charge in [0.15, 0.2) is 0 Å². The minimum atomic E-state index is -1.09. The monoisotopic (exact) mass is 443 g/mol. The number of fused-ring (bicyclic) bond motifs is 1. The Hall–Kier alpha value is -3.84. The molecule has 166 valence electrons. The fourth-order valence-corrected chi connectivity index (χ4v) is 4.62. The fraction of sp³-hybridized carbons (Fsp3) is 0.192. The summed E-state index contributed by atoms with van der Waals surface area (Å²) in [7, 11) is 0. The van der Waals surface area contributed by atoms with Crippen LogP contribution in [0.2, 0.25) is 0 Å². The summed E-state index contributed by atoms with van der Waals surface area (Å²) in [6.07, 6.45) is 0. The van der Waals surface area contributed by atoms with E-state index in [1.165, 1.54) is 11.1 Å². The number of nitrogens with zero attached hydrogens (tertiary/aromatic N) is 2. The summed E-state index contributed by atoms with van der Waals surface area (Å²) in [4.78, 5) is 41.6. The first-order valence-corrected chi connectivity index (χ1v) is 10.7. The van der Waals surface area contributed by atoms with Gasteiger partial charge in [-0.1, -0.05) is 48.0 Å². The maximum atomic E-state index is 14.7. The summed E-state index contributed by atoms with van der Waals surface area (Å²) in [5.74, 6) is -2.88. The molecule has 0 saturated carbocycles. The van der Waals surface area contributed by atoms with E-state index in [0.29, 0.717) is 11.3 Å². The van der Waals surface area contributed by atoms with Crippen LogP contribution in [-0.4, -0.2) is 28.8 Å². The average molecular weight is 443 g/mol. The Labute approximate surface area is 190 Å². The number of aryl methyl sites for hydroxylation is 2. The van der Waals surface area contributed by atoms with E-state index in [9.17, 15) is 18.8 Å². The first-order chi connectivity index (χ1) is 15.9. The Balaban J connectivity index is 1.60. The molecule has 6 nitrogen and oxygen atoms in total. The van der Waals surface area contributed by atoms with Crippen molar-refractivity contribution in [1.82, 2.24) is 10.4 Å². The van der Waals surface area contributed by atoms with Crippen LogP contribution in [0.4, 0.5) is 10.1 Å². The number of hydrogen-bond acceptors (Lipinski definition) is 4. The molecule has 3 amide bonds. The third-order valence-corrected chi connectivity index (χ3v) is 6.25. The second kappa shape index (κ2) is 7.94. The maximum absolute atomic E-state index is 14.7. The molecule has 3 aromatic carbocycles. The Morgan fingerprint density at radius 3 is 2.30 bits per heavy atom. The lowest BCUT2D eigenvalue weighted by molar-refractivity contribution is -0.123. The highest BCUT2D eigenvalue weighted by atomic mass is 19.1. The molecular weight excluding hydrogens is 421 g/mol. The highest BCUT2D eigenvalue weighted by molar-refractivity contribution is 6.25. The standard InChI is InChI=1S/C26H22FN3O3/c1-15-10-12-17(13-11-15)24(31)30-23-21(22(28-30)19-8-3-4-9-20(19)27)25(32)29(26(23)33)18-7-5-6-16(2)14-18/h3-14,21-23,28H,1-2H3/t21-,22-,23-/m1/s1. The summed E-state index contributed by atoms with van der Waals surface area (Å²) in [5.41, 5.74) is 5.90. The molecule has 7 heteroatoms. The summed E-state index contributed by atoms with van der Waals surface area (Å²) in [6, 6.07) is 18.1. The second-order valence-corrected chi connectivity index (χ2v) is 8.49. The van der Waals surface area contributed by atoms with E-state index < -0.39 is 41.5 Å². The van der Waals surface area contributed by atoms with Gasteiger partial charge in [-0.3, -0.25) is 19.4 Å². The lowest BCUT2D eigenvalue weighted by Gasteiger charge is -2.25. The van der Waals surface area contributed by atoms with Crippen LogP contribution in [0.25, 0.3) is 0 Å². The molecule has 0 aromatic heterocycles. The minimum Gasteiger partial charge on any atom is -0.274 e. The Kier molecular flexibility index (Phi) is 5.06. The van der Waals surface area contributed by atoms with Gasteiger partial charge in [0.05, 0.1) is 17.6 Å². The van der Waals surface area contributed by atoms with Crippen LogP contribution in [0.5, 0.6) is 0 Å². The van der Waals surface area contributed by atoms with Crippen LogP contribution in [-0.2, 0) is 9.59 Å². The highest BCUT2D eigenvalue weighted by Crippen LogP contribution is 2.42. The average Bonchev–Trinajstić information content (AvgIpc) is 3.31. The molecule has 2 aliphatic heterocycles. The number of imide groups is 1. The molecule has 2 fully saturated rings. The number of anilines is 1. The number of carbonyl (C=O) groups excluding carboxylic acids is 3. The van der Waals surface area contributed by atoms with Crippen molar-refractivity contribution in [2.24, 2.45) is 5.92 Å². The van der Waals surface area contributed by atoms with Crippen LogP contribution in [0.3, 0.4) is 0 Å². The SMILES string of the molecule is Cc1ccc(C(=O)N2N[C@H](c3ccccc3F)[C@H]3C(=O)N(c4cccc(C)c4)C(=O)[C@@H]32)cc1. The molecule has 5 rings (SSSR count). The Morgan fingerprint density at radius 2 is 1.61 bits per heavy atom. The molecule has 0 aliphatic carbocycles. The van der Waals surface area contributed by atoms with Crippen molar-refractivity contribution in [3.8, 4) is 0 Å². The Morgan fingerprint density at radius 1 is 0.879 bits per heavy atom. The van der Waals surface area contributed by atoms with Crippen molar-refractivity contribution >= 4 is 23.4 Å². The molecule has 3 aromatic rings. The largest absolute Gasteiger partial charge is 0.274 e. The number of hydrogen-bond donors (Lipinski definition) is 1. The predicted octanol–water partition coefficient (Wildman–Crippen LogP) is 3.70. The van der Waals surface area contributed by atoms with Gasteiger partial charge in [-0.15, -0.1) is 0 Å². The zero-order valence-electron chi connectivity index (χ0n) is 18.2. The van der Waals surface area contributed by atoms with E-state index in [4.69, 9.17) is 0 Å². The van der Waals surface area contributed by atoms with E-state index >= 15 is 0 Å². The minimum absolute atomic E-state index is 0.235. The van der Waals surface area contributed by atoms with Crippen LogP contribution in [0.1, 0.15) is 33.1 Å². The molecule has 0 radical (unpaired) electrons. The first-order valence-electron chi connectivity index (χ1n) is 10.7. The number of amides is 3. The molecule has 0 unspecified atom stereocenters. The summed E-state index contributed by atoms with van der Waals surface area (Å²) in [6.45, 7) is 3.78. The lowest BCUT2D eigenvalue weighted by atomic mass is 9.90. The zero-order chi connectivity index (χ0) is 23.3. The van der Waals surface area contributed by atoms with Crippen LogP contribution in [0.15, 0.2) is 72.8 Å². The molecule has 0 bridgehead atoms. The van der Waals surface area contributed by atoms with Gasteiger partial charge in [-0.2, -0.15) is 0 Å². The number of hydrazine groups is 1. The third-order valence-electron chi connectivity index (χ3n) is 6.25. The Bertz CT molecular complexity index is 1270. The van der Waals surface area contributed by atoms with Gasteiger partial charge in [-0.25, -0.2) is 14.7 Å². The van der Waals surface area contributed by atoms with Crippen molar-refractivity contribution in [2.75, 3.05) is 4.90 Å². The maximum Gasteiger partial charge on any atom is 0.268 e. The van der Waals surface area contributed by atoms with Gasteiger partial charge in [0.2, 0.25) is 5.91 Å². The normalized spacial score (nSPS) is 22.1. The molecule has 2 heterocycles. The fourth-order valence-electron chi connectivity index (χ4n) is 4.62. The number of carbonyl (C=O) groups is 3. The zero-order valence-corrected chi connectivity index (χ0v) is 18.2. The smallest absolute Gasteiger partial charge is 0.268 e. The van der Waals surface area contributed by atoms with Gasteiger partial charge in [-0.05, 0) is 49.7 Å². The predicted molar refractivity (Wildman–Crippen MR) is 121 cm³/mol. The molecule has 1 N–H and O–H groups in total. The number of nitrogens with one attached hydrogen (secondary N) is 1. The van der Waals surface area contributed by atoms with Gasteiger partial charge < -0.3 is 0 Å². The van der Waals surface area contributed by atoms with Crippen LogP contribution >= 0.6 is 0 Å². The number of rotatable bonds is 3. The summed E-state index contributed by atoms with van der Waals surface area (Å²) >= 11 is 0. The van der Waals surface area contributed by atoms with Crippen molar-refractivity contribution in [2.45, 2.75) is 25.9 Å². The quantitative estimate of drug-likeness (QED) is 0.627. The number of benzene rings is 3. The molecule has 33 heavy (non-hydrogen) atoms. The van der Waals surface area contributed by atoms with Crippen LogP contribution < -0.4 is 10.3 Å². The molecule has 0 spiro atoms. The third kappa shape index (κ3) is 3.41. The van der Waals surface area contributed by atoms with E-state index in [-0.39, 0.29) is 5.56 Å². The molecular formula is C26H22FN3O3. The molecule has 3 atom stereocenters. The van der Waals surface area contributed by atoms with Crippen LogP contribution in [0, 0.1) is 25.6 Å². The lowest BCUT2D eigenvalue weighted by Crippen LogP contribution is -2.48. The van der Waals surface area contributed by atoms with Crippen molar-refractivity contribution in [3.63, 3.8) is 0 Å². The topological polar surface area (TPSA) is 69.7 Å². The van der Waals surface area contributed by atoms with E-state index in [0.717, 1.165) is 16.0 Å². The highest BCUT2D eigenvalue weighted by Gasteiger charge is 2.60. The summed E-state index contributed by atoms with van der Waals surface area (Å²) < 4.78 is 14.7. The van der Waals surface area contributed by atoms with Gasteiger partial charge in [0, 0.05) is 11.1 Å². The van der Waals surface area contributed by atoms with E-state index in [1.54, 1.807) is 60.7 Å². The van der Waals surface area contributed by atoms with Gasteiger partial charge >= 0.3 is 0 Å². The van der Waals surface area contributed by atoms with E-state index in [1.807, 2.05) is 19.9 Å². The number of halogens is 1. The molecule has 2 saturated heterocycles. The van der Waals surface area contributed by atoms with E-state index in [2.05, 4.69) is 5.43 Å². The first kappa shape index (κ1) is 21.0. The van der Waals surface area contributed by atoms with Crippen molar-refractivity contribution in [1.29, 1.82) is 0 Å². The van der Waals surface area contributed by atoms with Crippen molar-refractivity contribution < 1.29 is 18.8 Å². The van der Waals surface area contributed by atoms with Gasteiger partial charge in [0.1, 0.15) is 11.9 Å².